The summed E-state index contributed by atoms with van der Waals surface area (Å²) in [7, 11) is 1.57. The molecule has 10 heteroatoms. The van der Waals surface area contributed by atoms with Gasteiger partial charge in [0.05, 0.1) is 25.5 Å². The lowest BCUT2D eigenvalue weighted by atomic mass is 10.1. The zero-order chi connectivity index (χ0) is 26.9. The number of hydrogen-bond donors (Lipinski definition) is 2. The van der Waals surface area contributed by atoms with Crippen molar-refractivity contribution in [3.8, 4) is 11.5 Å². The monoisotopic (exact) mass is 523 g/mol. The maximum Gasteiger partial charge on any atom is 0.341 e. The van der Waals surface area contributed by atoms with Gasteiger partial charge in [-0.1, -0.05) is 12.1 Å². The molecule has 1 aromatic heterocycles. The van der Waals surface area contributed by atoms with Crippen molar-refractivity contribution in [1.82, 2.24) is 5.43 Å². The van der Waals surface area contributed by atoms with E-state index in [0.717, 1.165) is 16.0 Å². The number of hydrogen-bond acceptors (Lipinski definition) is 8. The lowest BCUT2D eigenvalue weighted by molar-refractivity contribution is -0.127. The van der Waals surface area contributed by atoms with E-state index < -0.39 is 18.0 Å². The molecule has 2 amide bonds. The van der Waals surface area contributed by atoms with Gasteiger partial charge in [-0.2, -0.15) is 5.10 Å². The Morgan fingerprint density at radius 2 is 1.81 bits per heavy atom. The maximum atomic E-state index is 12.8. The van der Waals surface area contributed by atoms with Crippen molar-refractivity contribution in [3.05, 3.63) is 75.7 Å². The molecule has 0 spiro atoms. The molecule has 0 aliphatic rings. The van der Waals surface area contributed by atoms with Crippen LogP contribution in [0.2, 0.25) is 0 Å². The number of methoxy groups -OCH3 is 1. The topological polar surface area (TPSA) is 115 Å². The highest BCUT2D eigenvalue weighted by molar-refractivity contribution is 7.16. The molecule has 9 nitrogen and oxygen atoms in total. The SMILES string of the molecule is CCOC(=O)c1c(NC(=O)c2ccc(OC(C)C(=O)NN=Cc3cccc(OC)c3)cc2)sc(C)c1C. The molecule has 0 aliphatic carbocycles. The van der Waals surface area contributed by atoms with Crippen LogP contribution in [0.15, 0.2) is 53.6 Å². The van der Waals surface area contributed by atoms with Gasteiger partial charge in [0.15, 0.2) is 6.10 Å². The highest BCUT2D eigenvalue weighted by Crippen LogP contribution is 2.33. The predicted molar refractivity (Wildman–Crippen MR) is 143 cm³/mol. The van der Waals surface area contributed by atoms with Crippen molar-refractivity contribution >= 4 is 40.3 Å². The first-order chi connectivity index (χ1) is 17.7. The molecule has 2 aromatic carbocycles. The van der Waals surface area contributed by atoms with E-state index in [1.165, 1.54) is 17.6 Å². The van der Waals surface area contributed by atoms with Gasteiger partial charge in [0.2, 0.25) is 0 Å². The molecule has 3 aromatic rings. The lowest BCUT2D eigenvalue weighted by Crippen LogP contribution is -2.33. The third-order valence-electron chi connectivity index (χ3n) is 5.37. The van der Waals surface area contributed by atoms with Crippen molar-refractivity contribution < 1.29 is 28.6 Å². The zero-order valence-electron chi connectivity index (χ0n) is 21.3. The van der Waals surface area contributed by atoms with Crippen LogP contribution in [0.25, 0.3) is 0 Å². The fourth-order valence-corrected chi connectivity index (χ4v) is 4.31. The van der Waals surface area contributed by atoms with E-state index in [1.54, 1.807) is 51.3 Å². The number of thiophene rings is 1. The Morgan fingerprint density at radius 3 is 2.49 bits per heavy atom. The molecule has 0 fully saturated rings. The van der Waals surface area contributed by atoms with Crippen molar-refractivity contribution in [1.29, 1.82) is 0 Å². The Balaban J connectivity index is 1.58. The van der Waals surface area contributed by atoms with Crippen molar-refractivity contribution in [2.24, 2.45) is 5.10 Å². The van der Waals surface area contributed by atoms with E-state index in [4.69, 9.17) is 14.2 Å². The number of nitrogens with one attached hydrogen (secondary N) is 2. The summed E-state index contributed by atoms with van der Waals surface area (Å²) in [4.78, 5) is 38.4. The van der Waals surface area contributed by atoms with E-state index >= 15 is 0 Å². The molecule has 0 saturated carbocycles. The van der Waals surface area contributed by atoms with Gasteiger partial charge in [-0.15, -0.1) is 11.3 Å². The quantitative estimate of drug-likeness (QED) is 0.226. The highest BCUT2D eigenvalue weighted by atomic mass is 32.1. The van der Waals surface area contributed by atoms with E-state index in [9.17, 15) is 14.4 Å². The van der Waals surface area contributed by atoms with Crippen LogP contribution in [0, 0.1) is 13.8 Å². The fourth-order valence-electron chi connectivity index (χ4n) is 3.27. The minimum absolute atomic E-state index is 0.243. The highest BCUT2D eigenvalue weighted by Gasteiger charge is 2.22. The van der Waals surface area contributed by atoms with Crippen molar-refractivity contribution in [2.75, 3.05) is 19.0 Å². The number of rotatable bonds is 10. The molecular weight excluding hydrogens is 494 g/mol. The Kier molecular flexibility index (Phi) is 9.39. The summed E-state index contributed by atoms with van der Waals surface area (Å²) < 4.78 is 16.0. The summed E-state index contributed by atoms with van der Waals surface area (Å²) in [5.74, 6) is -0.189. The first-order valence-electron chi connectivity index (χ1n) is 11.6. The number of anilines is 1. The number of esters is 1. The molecular formula is C27H29N3O6S. The smallest absolute Gasteiger partial charge is 0.341 e. The minimum atomic E-state index is -0.827. The van der Waals surface area contributed by atoms with Gasteiger partial charge < -0.3 is 19.5 Å². The first kappa shape index (κ1) is 27.4. The van der Waals surface area contributed by atoms with E-state index in [0.29, 0.717) is 27.6 Å². The van der Waals surface area contributed by atoms with Gasteiger partial charge >= 0.3 is 5.97 Å². The normalized spacial score (nSPS) is 11.6. The van der Waals surface area contributed by atoms with Crippen molar-refractivity contribution in [3.63, 3.8) is 0 Å². The van der Waals surface area contributed by atoms with Gasteiger partial charge in [0.25, 0.3) is 11.8 Å². The van der Waals surface area contributed by atoms with Crippen LogP contribution in [-0.2, 0) is 9.53 Å². The largest absolute Gasteiger partial charge is 0.497 e. The number of benzene rings is 2. The fraction of sp³-hybridized carbons (Fsp3) is 0.259. The molecule has 194 valence electrons. The average Bonchev–Trinajstić information content (AvgIpc) is 3.17. The second-order valence-electron chi connectivity index (χ2n) is 7.96. The number of amides is 2. The van der Waals surface area contributed by atoms with E-state index in [2.05, 4.69) is 15.8 Å². The molecule has 0 radical (unpaired) electrons. The van der Waals surface area contributed by atoms with Gasteiger partial charge in [-0.25, -0.2) is 10.2 Å². The molecule has 0 saturated heterocycles. The molecule has 1 unspecified atom stereocenters. The second kappa shape index (κ2) is 12.7. The maximum absolute atomic E-state index is 12.8. The third-order valence-corrected chi connectivity index (χ3v) is 6.50. The summed E-state index contributed by atoms with van der Waals surface area (Å²) in [5.41, 5.74) is 4.72. The van der Waals surface area contributed by atoms with Gasteiger partial charge in [0, 0.05) is 10.4 Å². The van der Waals surface area contributed by atoms with Crippen LogP contribution in [0.3, 0.4) is 0 Å². The number of carbonyl (C=O) groups is 3. The predicted octanol–water partition coefficient (Wildman–Crippen LogP) is 4.72. The number of ether oxygens (including phenoxy) is 3. The minimum Gasteiger partial charge on any atom is -0.497 e. The molecule has 0 bridgehead atoms. The van der Waals surface area contributed by atoms with Gasteiger partial charge in [0.1, 0.15) is 16.5 Å². The van der Waals surface area contributed by atoms with Crippen LogP contribution in [-0.4, -0.2) is 43.8 Å². The molecule has 2 N–H and O–H groups in total. The molecule has 0 aliphatic heterocycles. The standard InChI is InChI=1S/C27H29N3O6S/c1-6-35-27(33)23-16(2)18(4)37-26(23)29-25(32)20-10-12-21(13-11-20)36-17(3)24(31)30-28-15-19-8-7-9-22(14-19)34-5/h7-15,17H,6H2,1-5H3,(H,29,32)(H,30,31). The lowest BCUT2D eigenvalue weighted by Gasteiger charge is -2.13. The van der Waals surface area contributed by atoms with Gasteiger partial charge in [-0.3, -0.25) is 9.59 Å². The van der Waals surface area contributed by atoms with Crippen molar-refractivity contribution in [2.45, 2.75) is 33.8 Å². The summed E-state index contributed by atoms with van der Waals surface area (Å²) in [6.45, 7) is 7.27. The average molecular weight is 524 g/mol. The number of carbonyl (C=O) groups excluding carboxylic acids is 3. The number of hydrazone groups is 1. The van der Waals surface area contributed by atoms with E-state index in [1.807, 2.05) is 32.0 Å². The Morgan fingerprint density at radius 1 is 1.08 bits per heavy atom. The Labute approximate surface area is 219 Å². The number of nitrogens with zero attached hydrogens (tertiary/aromatic N) is 1. The van der Waals surface area contributed by atoms with Crippen LogP contribution in [0.5, 0.6) is 11.5 Å². The van der Waals surface area contributed by atoms with Crippen LogP contribution in [0.1, 0.15) is 50.6 Å². The Bertz CT molecular complexity index is 1300. The summed E-state index contributed by atoms with van der Waals surface area (Å²) >= 11 is 1.32. The molecule has 1 heterocycles. The zero-order valence-corrected chi connectivity index (χ0v) is 22.1. The molecule has 37 heavy (non-hydrogen) atoms. The number of aryl methyl sites for hydroxylation is 1. The Hall–Kier alpha value is -4.18. The third kappa shape index (κ3) is 7.17. The van der Waals surface area contributed by atoms with E-state index in [-0.39, 0.29) is 12.5 Å². The second-order valence-corrected chi connectivity index (χ2v) is 9.18. The van der Waals surface area contributed by atoms with Crippen LogP contribution in [0.4, 0.5) is 5.00 Å². The summed E-state index contributed by atoms with van der Waals surface area (Å²) in [5, 5.41) is 7.19. The summed E-state index contributed by atoms with van der Waals surface area (Å²) in [6, 6.07) is 13.6. The molecule has 1 atom stereocenters. The van der Waals surface area contributed by atoms with Gasteiger partial charge in [-0.05, 0) is 75.2 Å². The van der Waals surface area contributed by atoms with Crippen LogP contribution < -0.4 is 20.2 Å². The molecule has 3 rings (SSSR count). The van der Waals surface area contributed by atoms with Crippen LogP contribution >= 0.6 is 11.3 Å². The summed E-state index contributed by atoms with van der Waals surface area (Å²) in [6.07, 6.45) is 0.677. The first-order valence-corrected chi connectivity index (χ1v) is 12.4.